The molecule has 17 heavy (non-hydrogen) atoms. The lowest BCUT2D eigenvalue weighted by Gasteiger charge is -2.20. The number of carbonyl (C=O) groups is 1. The van der Waals surface area contributed by atoms with Crippen LogP contribution in [0.2, 0.25) is 0 Å². The Morgan fingerprint density at radius 3 is 2.65 bits per heavy atom. The van der Waals surface area contributed by atoms with Gasteiger partial charge in [-0.1, -0.05) is 26.2 Å². The first kappa shape index (κ1) is 12.4. The van der Waals surface area contributed by atoms with Crippen LogP contribution < -0.4 is 5.32 Å². The van der Waals surface area contributed by atoms with Gasteiger partial charge in [-0.05, 0) is 37.5 Å². The van der Waals surface area contributed by atoms with Crippen LogP contribution in [0.25, 0.3) is 0 Å². The maximum Gasteiger partial charge on any atom is 0.240 e. The Hall–Kier alpha value is -1.04. The Labute approximate surface area is 104 Å². The Morgan fingerprint density at radius 1 is 1.41 bits per heavy atom. The number of nitrogens with zero attached hydrogens (tertiary/aromatic N) is 1. The van der Waals surface area contributed by atoms with Gasteiger partial charge in [0.15, 0.2) is 0 Å². The number of amides is 1. The molecule has 2 saturated carbocycles. The number of hydrogen-bond acceptors (Lipinski definition) is 2. The third-order valence-corrected chi connectivity index (χ3v) is 4.46. The summed E-state index contributed by atoms with van der Waals surface area (Å²) in [5.41, 5.74) is -0.704. The van der Waals surface area contributed by atoms with E-state index in [1.54, 1.807) is 0 Å². The smallest absolute Gasteiger partial charge is 0.240 e. The van der Waals surface area contributed by atoms with E-state index in [0.29, 0.717) is 5.92 Å². The van der Waals surface area contributed by atoms with Crippen molar-refractivity contribution in [2.24, 2.45) is 17.3 Å². The largest absolute Gasteiger partial charge is 0.354 e. The van der Waals surface area contributed by atoms with Crippen molar-refractivity contribution >= 4 is 5.91 Å². The zero-order valence-corrected chi connectivity index (χ0v) is 10.7. The summed E-state index contributed by atoms with van der Waals surface area (Å²) in [6, 6.07) is 2.25. The molecule has 2 rings (SSSR count). The molecule has 3 nitrogen and oxygen atoms in total. The normalized spacial score (nSPS) is 31.1. The van der Waals surface area contributed by atoms with Gasteiger partial charge in [0.05, 0.1) is 6.07 Å². The molecule has 1 N–H and O–H groups in total. The van der Waals surface area contributed by atoms with Crippen LogP contribution in [0.4, 0.5) is 0 Å². The second-order valence-electron chi connectivity index (χ2n) is 5.90. The summed E-state index contributed by atoms with van der Waals surface area (Å²) in [5.74, 6) is 1.41. The van der Waals surface area contributed by atoms with Crippen LogP contribution in [-0.2, 0) is 4.79 Å². The number of carbonyl (C=O) groups excluding carboxylic acids is 1. The molecule has 2 aliphatic carbocycles. The first-order chi connectivity index (χ1) is 8.16. The third-order valence-electron chi connectivity index (χ3n) is 4.46. The molecule has 0 aromatic rings. The van der Waals surface area contributed by atoms with Crippen molar-refractivity contribution in [3.63, 3.8) is 0 Å². The predicted octanol–water partition coefficient (Wildman–Crippen LogP) is 2.62. The standard InChI is InChI=1S/C14H22N2O/c1-11-4-5-12(8-11)9-16-13(17)14(10-15)6-2-3-7-14/h11-12H,2-9H2,1H3,(H,16,17). The van der Waals surface area contributed by atoms with Crippen LogP contribution in [0.1, 0.15) is 51.9 Å². The molecule has 2 atom stereocenters. The van der Waals surface area contributed by atoms with Gasteiger partial charge in [0.25, 0.3) is 0 Å². The topological polar surface area (TPSA) is 52.9 Å². The first-order valence-corrected chi connectivity index (χ1v) is 6.86. The van der Waals surface area contributed by atoms with Gasteiger partial charge >= 0.3 is 0 Å². The molecule has 0 aromatic heterocycles. The maximum absolute atomic E-state index is 12.1. The lowest BCUT2D eigenvalue weighted by Crippen LogP contribution is -2.40. The minimum atomic E-state index is -0.704. The van der Waals surface area contributed by atoms with Gasteiger partial charge in [0.2, 0.25) is 5.91 Å². The molecule has 0 aromatic carbocycles. The van der Waals surface area contributed by atoms with Crippen molar-refractivity contribution in [2.45, 2.75) is 51.9 Å². The zero-order chi connectivity index (χ0) is 12.3. The van der Waals surface area contributed by atoms with Gasteiger partial charge in [-0.2, -0.15) is 5.26 Å². The van der Waals surface area contributed by atoms with E-state index in [4.69, 9.17) is 0 Å². The van der Waals surface area contributed by atoms with E-state index in [1.165, 1.54) is 19.3 Å². The van der Waals surface area contributed by atoms with Crippen molar-refractivity contribution in [2.75, 3.05) is 6.54 Å². The minimum absolute atomic E-state index is 0.0166. The van der Waals surface area contributed by atoms with Crippen molar-refractivity contribution in [3.05, 3.63) is 0 Å². The van der Waals surface area contributed by atoms with Crippen LogP contribution in [0.3, 0.4) is 0 Å². The fourth-order valence-corrected chi connectivity index (χ4v) is 3.28. The zero-order valence-electron chi connectivity index (χ0n) is 10.7. The van der Waals surface area contributed by atoms with Crippen molar-refractivity contribution in [1.82, 2.24) is 5.32 Å². The summed E-state index contributed by atoms with van der Waals surface area (Å²) in [5, 5.41) is 12.2. The molecule has 0 saturated heterocycles. The van der Waals surface area contributed by atoms with Crippen molar-refractivity contribution < 1.29 is 4.79 Å². The highest BCUT2D eigenvalue weighted by Gasteiger charge is 2.41. The van der Waals surface area contributed by atoms with Gasteiger partial charge in [0.1, 0.15) is 5.41 Å². The van der Waals surface area contributed by atoms with Crippen LogP contribution in [0, 0.1) is 28.6 Å². The molecular weight excluding hydrogens is 212 g/mol. The molecule has 94 valence electrons. The molecule has 3 heteroatoms. The minimum Gasteiger partial charge on any atom is -0.354 e. The molecule has 0 radical (unpaired) electrons. The lowest BCUT2D eigenvalue weighted by atomic mass is 9.87. The summed E-state index contributed by atoms with van der Waals surface area (Å²) in [7, 11) is 0. The van der Waals surface area contributed by atoms with E-state index in [-0.39, 0.29) is 5.91 Å². The average Bonchev–Trinajstić information content (AvgIpc) is 2.95. The van der Waals surface area contributed by atoms with Crippen LogP contribution in [-0.4, -0.2) is 12.5 Å². The van der Waals surface area contributed by atoms with E-state index in [2.05, 4.69) is 18.3 Å². The summed E-state index contributed by atoms with van der Waals surface area (Å²) in [6.45, 7) is 3.04. The molecule has 0 aliphatic heterocycles. The van der Waals surface area contributed by atoms with Crippen molar-refractivity contribution in [3.8, 4) is 6.07 Å². The van der Waals surface area contributed by atoms with Crippen LogP contribution in [0.15, 0.2) is 0 Å². The number of nitrogens with one attached hydrogen (secondary N) is 1. The highest BCUT2D eigenvalue weighted by Crippen LogP contribution is 2.38. The van der Waals surface area contributed by atoms with E-state index < -0.39 is 5.41 Å². The molecule has 0 spiro atoms. The molecule has 0 bridgehead atoms. The first-order valence-electron chi connectivity index (χ1n) is 6.86. The van der Waals surface area contributed by atoms with Gasteiger partial charge in [-0.25, -0.2) is 0 Å². The fourth-order valence-electron chi connectivity index (χ4n) is 3.28. The highest BCUT2D eigenvalue weighted by molar-refractivity contribution is 5.85. The fraction of sp³-hybridized carbons (Fsp3) is 0.857. The van der Waals surface area contributed by atoms with Gasteiger partial charge in [-0.3, -0.25) is 4.79 Å². The maximum atomic E-state index is 12.1. The van der Waals surface area contributed by atoms with Crippen molar-refractivity contribution in [1.29, 1.82) is 5.26 Å². The summed E-state index contributed by atoms with van der Waals surface area (Å²) in [6.07, 6.45) is 7.25. The number of nitriles is 1. The molecular formula is C14H22N2O. The summed E-state index contributed by atoms with van der Waals surface area (Å²) < 4.78 is 0. The second kappa shape index (κ2) is 5.08. The SMILES string of the molecule is CC1CCC(CNC(=O)C2(C#N)CCCC2)C1. The number of hydrogen-bond donors (Lipinski definition) is 1. The van der Waals surface area contributed by atoms with E-state index in [1.807, 2.05) is 0 Å². The van der Waals surface area contributed by atoms with Crippen LogP contribution in [0.5, 0.6) is 0 Å². The average molecular weight is 234 g/mol. The monoisotopic (exact) mass is 234 g/mol. The second-order valence-corrected chi connectivity index (χ2v) is 5.90. The Bertz CT molecular complexity index is 326. The van der Waals surface area contributed by atoms with Gasteiger partial charge in [0, 0.05) is 6.54 Å². The predicted molar refractivity (Wildman–Crippen MR) is 66.0 cm³/mol. The summed E-state index contributed by atoms with van der Waals surface area (Å²) in [4.78, 5) is 12.1. The summed E-state index contributed by atoms with van der Waals surface area (Å²) >= 11 is 0. The van der Waals surface area contributed by atoms with E-state index in [0.717, 1.165) is 38.1 Å². The lowest BCUT2D eigenvalue weighted by molar-refractivity contribution is -0.128. The van der Waals surface area contributed by atoms with Gasteiger partial charge < -0.3 is 5.32 Å². The molecule has 2 unspecified atom stereocenters. The van der Waals surface area contributed by atoms with Gasteiger partial charge in [-0.15, -0.1) is 0 Å². The van der Waals surface area contributed by atoms with Crippen LogP contribution >= 0.6 is 0 Å². The number of rotatable bonds is 3. The molecule has 2 aliphatic rings. The Kier molecular flexibility index (Phi) is 3.71. The third kappa shape index (κ3) is 2.62. The Balaban J connectivity index is 1.83. The molecule has 0 heterocycles. The Morgan fingerprint density at radius 2 is 2.12 bits per heavy atom. The quantitative estimate of drug-likeness (QED) is 0.816. The van der Waals surface area contributed by atoms with E-state index in [9.17, 15) is 10.1 Å². The molecule has 2 fully saturated rings. The van der Waals surface area contributed by atoms with E-state index >= 15 is 0 Å². The molecule has 1 amide bonds. The highest BCUT2D eigenvalue weighted by atomic mass is 16.2.